The van der Waals surface area contributed by atoms with Crippen molar-refractivity contribution in [2.24, 2.45) is 0 Å². The van der Waals surface area contributed by atoms with E-state index in [1.165, 1.54) is 13.0 Å². The summed E-state index contributed by atoms with van der Waals surface area (Å²) in [7, 11) is 0. The Morgan fingerprint density at radius 3 is 2.83 bits per heavy atom. The third-order valence-corrected chi connectivity index (χ3v) is 2.50. The first kappa shape index (κ1) is 14.3. The van der Waals surface area contributed by atoms with Crippen LogP contribution < -0.4 is 4.74 Å². The second kappa shape index (κ2) is 7.54. The first-order chi connectivity index (χ1) is 8.63. The van der Waals surface area contributed by atoms with Crippen LogP contribution in [-0.2, 0) is 4.79 Å². The third kappa shape index (κ3) is 5.04. The van der Waals surface area contributed by atoms with Gasteiger partial charge >= 0.3 is 0 Å². The van der Waals surface area contributed by atoms with Gasteiger partial charge in [0.1, 0.15) is 0 Å². The SMILES string of the molecule is CCCCCOc1cc(/C=C/C(C)=O)ccc1O. The van der Waals surface area contributed by atoms with Gasteiger partial charge in [-0.15, -0.1) is 0 Å². The molecule has 3 nitrogen and oxygen atoms in total. The highest BCUT2D eigenvalue weighted by Crippen LogP contribution is 2.27. The molecule has 98 valence electrons. The molecule has 0 saturated heterocycles. The Bertz CT molecular complexity index is 422. The summed E-state index contributed by atoms with van der Waals surface area (Å²) in [6.07, 6.45) is 6.43. The Morgan fingerprint density at radius 1 is 1.39 bits per heavy atom. The van der Waals surface area contributed by atoms with Gasteiger partial charge in [-0.25, -0.2) is 0 Å². The van der Waals surface area contributed by atoms with Crippen LogP contribution in [0.25, 0.3) is 6.08 Å². The molecule has 0 unspecified atom stereocenters. The van der Waals surface area contributed by atoms with Crippen LogP contribution in [0.15, 0.2) is 24.3 Å². The molecular weight excluding hydrogens is 228 g/mol. The predicted molar refractivity (Wildman–Crippen MR) is 72.8 cm³/mol. The van der Waals surface area contributed by atoms with E-state index >= 15 is 0 Å². The van der Waals surface area contributed by atoms with Crippen molar-refractivity contribution in [3.05, 3.63) is 29.8 Å². The van der Waals surface area contributed by atoms with E-state index < -0.39 is 0 Å². The Hall–Kier alpha value is -1.77. The number of phenols is 1. The van der Waals surface area contributed by atoms with Gasteiger partial charge in [-0.05, 0) is 37.1 Å². The summed E-state index contributed by atoms with van der Waals surface area (Å²) in [5.74, 6) is 0.594. The molecule has 0 aliphatic heterocycles. The zero-order valence-electron chi connectivity index (χ0n) is 11.0. The van der Waals surface area contributed by atoms with Gasteiger partial charge in [0.05, 0.1) is 6.61 Å². The highest BCUT2D eigenvalue weighted by Gasteiger charge is 2.02. The van der Waals surface area contributed by atoms with Gasteiger partial charge in [0.25, 0.3) is 0 Å². The maximum atomic E-state index is 10.8. The minimum absolute atomic E-state index is 0.00603. The second-order valence-corrected chi connectivity index (χ2v) is 4.23. The van der Waals surface area contributed by atoms with Crippen LogP contribution in [0.3, 0.4) is 0 Å². The third-order valence-electron chi connectivity index (χ3n) is 2.50. The van der Waals surface area contributed by atoms with Crippen molar-refractivity contribution in [2.45, 2.75) is 33.1 Å². The Balaban J connectivity index is 2.66. The van der Waals surface area contributed by atoms with Gasteiger partial charge < -0.3 is 9.84 Å². The Morgan fingerprint density at radius 2 is 2.17 bits per heavy atom. The van der Waals surface area contributed by atoms with Gasteiger partial charge in [-0.1, -0.05) is 31.9 Å². The number of carbonyl (C=O) groups is 1. The highest BCUT2D eigenvalue weighted by atomic mass is 16.5. The molecule has 1 aromatic rings. The lowest BCUT2D eigenvalue weighted by Crippen LogP contribution is -1.97. The molecule has 0 fully saturated rings. The molecule has 0 spiro atoms. The van der Waals surface area contributed by atoms with Crippen LogP contribution in [0.2, 0.25) is 0 Å². The lowest BCUT2D eigenvalue weighted by molar-refractivity contribution is -0.112. The summed E-state index contributed by atoms with van der Waals surface area (Å²) in [5.41, 5.74) is 0.841. The number of hydrogen-bond acceptors (Lipinski definition) is 3. The van der Waals surface area contributed by atoms with Crippen LogP contribution >= 0.6 is 0 Å². The molecule has 18 heavy (non-hydrogen) atoms. The van der Waals surface area contributed by atoms with Crippen molar-refractivity contribution in [3.8, 4) is 11.5 Å². The molecule has 0 amide bonds. The van der Waals surface area contributed by atoms with Crippen LogP contribution in [0, 0.1) is 0 Å². The number of phenolic OH excluding ortho intramolecular Hbond substituents is 1. The fourth-order valence-electron chi connectivity index (χ4n) is 1.50. The van der Waals surface area contributed by atoms with Gasteiger partial charge in [-0.3, -0.25) is 4.79 Å². The molecule has 0 bridgehead atoms. The first-order valence-corrected chi connectivity index (χ1v) is 6.28. The number of rotatable bonds is 7. The molecule has 1 aromatic carbocycles. The first-order valence-electron chi connectivity index (χ1n) is 6.28. The van der Waals surface area contributed by atoms with E-state index in [0.29, 0.717) is 12.4 Å². The standard InChI is InChI=1S/C15H20O3/c1-3-4-5-10-18-15-11-13(7-6-12(2)16)8-9-14(15)17/h6-9,11,17H,3-5,10H2,1-2H3/b7-6+. The highest BCUT2D eigenvalue weighted by molar-refractivity contribution is 5.91. The summed E-state index contributed by atoms with van der Waals surface area (Å²) < 4.78 is 5.52. The molecule has 3 heteroatoms. The van der Waals surface area contributed by atoms with E-state index in [1.54, 1.807) is 24.3 Å². The maximum Gasteiger partial charge on any atom is 0.161 e. The largest absolute Gasteiger partial charge is 0.504 e. The molecule has 0 heterocycles. The van der Waals surface area contributed by atoms with E-state index in [4.69, 9.17) is 4.74 Å². The topological polar surface area (TPSA) is 46.5 Å². The van der Waals surface area contributed by atoms with E-state index in [2.05, 4.69) is 6.92 Å². The number of ketones is 1. The van der Waals surface area contributed by atoms with Gasteiger partial charge in [0.15, 0.2) is 17.3 Å². The molecule has 0 aliphatic carbocycles. The predicted octanol–water partition coefficient (Wildman–Crippen LogP) is 3.56. The van der Waals surface area contributed by atoms with Crippen molar-refractivity contribution in [2.75, 3.05) is 6.61 Å². The van der Waals surface area contributed by atoms with Crippen molar-refractivity contribution in [3.63, 3.8) is 0 Å². The number of aromatic hydroxyl groups is 1. The summed E-state index contributed by atoms with van der Waals surface area (Å²) in [6, 6.07) is 5.06. The van der Waals surface area contributed by atoms with Crippen LogP contribution in [0.5, 0.6) is 11.5 Å². The van der Waals surface area contributed by atoms with Crippen LogP contribution in [0.4, 0.5) is 0 Å². The lowest BCUT2D eigenvalue weighted by Gasteiger charge is -2.08. The van der Waals surface area contributed by atoms with Crippen molar-refractivity contribution >= 4 is 11.9 Å². The summed E-state index contributed by atoms with van der Waals surface area (Å²) in [5, 5.41) is 9.65. The van der Waals surface area contributed by atoms with E-state index in [1.807, 2.05) is 0 Å². The van der Waals surface area contributed by atoms with Crippen molar-refractivity contribution in [1.82, 2.24) is 0 Å². The molecule has 0 aromatic heterocycles. The van der Waals surface area contributed by atoms with E-state index in [0.717, 1.165) is 24.8 Å². The fraction of sp³-hybridized carbons (Fsp3) is 0.400. The summed E-state index contributed by atoms with van der Waals surface area (Å²) in [6.45, 7) is 4.23. The van der Waals surface area contributed by atoms with Crippen molar-refractivity contribution < 1.29 is 14.6 Å². The maximum absolute atomic E-state index is 10.8. The molecule has 0 saturated carbocycles. The monoisotopic (exact) mass is 248 g/mol. The van der Waals surface area contributed by atoms with Gasteiger partial charge in [0, 0.05) is 0 Å². The Labute approximate surface area is 108 Å². The quantitative estimate of drug-likeness (QED) is 0.592. The number of ether oxygens (including phenoxy) is 1. The van der Waals surface area contributed by atoms with Crippen LogP contribution in [-0.4, -0.2) is 17.5 Å². The number of allylic oxidation sites excluding steroid dienone is 1. The van der Waals surface area contributed by atoms with Crippen LogP contribution in [0.1, 0.15) is 38.7 Å². The normalized spacial score (nSPS) is 10.8. The molecular formula is C15H20O3. The van der Waals surface area contributed by atoms with E-state index in [9.17, 15) is 9.90 Å². The number of benzene rings is 1. The van der Waals surface area contributed by atoms with Gasteiger partial charge in [0.2, 0.25) is 0 Å². The number of hydrogen-bond donors (Lipinski definition) is 1. The smallest absolute Gasteiger partial charge is 0.161 e. The zero-order chi connectivity index (χ0) is 13.4. The number of carbonyl (C=O) groups excluding carboxylic acids is 1. The average Bonchev–Trinajstić information content (AvgIpc) is 2.35. The zero-order valence-corrected chi connectivity index (χ0v) is 11.0. The lowest BCUT2D eigenvalue weighted by atomic mass is 10.1. The Kier molecular flexibility index (Phi) is 5.98. The molecule has 0 aliphatic rings. The molecule has 1 rings (SSSR count). The summed E-state index contributed by atoms with van der Waals surface area (Å²) in [4.78, 5) is 10.8. The van der Waals surface area contributed by atoms with E-state index in [-0.39, 0.29) is 11.5 Å². The molecule has 1 N–H and O–H groups in total. The summed E-state index contributed by atoms with van der Waals surface area (Å²) >= 11 is 0. The van der Waals surface area contributed by atoms with Gasteiger partial charge in [-0.2, -0.15) is 0 Å². The molecule has 0 radical (unpaired) electrons. The minimum atomic E-state index is -0.00603. The fourth-order valence-corrected chi connectivity index (χ4v) is 1.50. The minimum Gasteiger partial charge on any atom is -0.504 e. The van der Waals surface area contributed by atoms with Crippen molar-refractivity contribution in [1.29, 1.82) is 0 Å². The number of unbranched alkanes of at least 4 members (excludes halogenated alkanes) is 2. The average molecular weight is 248 g/mol. The second-order valence-electron chi connectivity index (χ2n) is 4.23. The molecule has 0 atom stereocenters.